The number of pyridine rings is 1. The average Bonchev–Trinajstić information content (AvgIpc) is 2.46. The van der Waals surface area contributed by atoms with Crippen LogP contribution in [0.15, 0.2) is 47.6 Å². The highest BCUT2D eigenvalue weighted by molar-refractivity contribution is 7.98. The number of thioether (sulfide) groups is 1. The number of urea groups is 1. The molecule has 0 radical (unpaired) electrons. The minimum atomic E-state index is -0.269. The molecule has 104 valence electrons. The lowest BCUT2D eigenvalue weighted by atomic mass is 10.3. The summed E-state index contributed by atoms with van der Waals surface area (Å²) in [6, 6.07) is 8.87. The normalized spacial score (nSPS) is 10.1. The van der Waals surface area contributed by atoms with Crippen LogP contribution in [0.1, 0.15) is 5.56 Å². The lowest BCUT2D eigenvalue weighted by Gasteiger charge is -2.09. The van der Waals surface area contributed by atoms with Crippen LogP contribution in [0.2, 0.25) is 5.02 Å². The van der Waals surface area contributed by atoms with E-state index in [2.05, 4.69) is 15.6 Å². The number of nitrogens with zero attached hydrogens (tertiary/aromatic N) is 1. The zero-order chi connectivity index (χ0) is 14.4. The van der Waals surface area contributed by atoms with Crippen LogP contribution in [-0.4, -0.2) is 17.3 Å². The zero-order valence-corrected chi connectivity index (χ0v) is 12.5. The lowest BCUT2D eigenvalue weighted by molar-refractivity contribution is 0.251. The molecule has 0 saturated carbocycles. The van der Waals surface area contributed by atoms with Crippen LogP contribution >= 0.6 is 23.4 Å². The Morgan fingerprint density at radius 2 is 2.05 bits per heavy atom. The van der Waals surface area contributed by atoms with Gasteiger partial charge in [-0.25, -0.2) is 4.79 Å². The van der Waals surface area contributed by atoms with E-state index < -0.39 is 0 Å². The maximum absolute atomic E-state index is 11.8. The Bertz CT molecular complexity index is 592. The van der Waals surface area contributed by atoms with Gasteiger partial charge in [-0.05, 0) is 42.2 Å². The van der Waals surface area contributed by atoms with E-state index in [4.69, 9.17) is 11.6 Å². The second-order valence-electron chi connectivity index (χ2n) is 4.01. The molecule has 2 rings (SSSR count). The molecular formula is C14H14ClN3OS. The van der Waals surface area contributed by atoms with E-state index in [1.807, 2.05) is 30.5 Å². The van der Waals surface area contributed by atoms with E-state index in [1.165, 1.54) is 0 Å². The zero-order valence-electron chi connectivity index (χ0n) is 10.9. The summed E-state index contributed by atoms with van der Waals surface area (Å²) >= 11 is 7.65. The Kier molecular flexibility index (Phi) is 5.26. The average molecular weight is 308 g/mol. The van der Waals surface area contributed by atoms with E-state index in [0.717, 1.165) is 10.5 Å². The van der Waals surface area contributed by atoms with Crippen molar-refractivity contribution in [3.63, 3.8) is 0 Å². The summed E-state index contributed by atoms with van der Waals surface area (Å²) in [6.45, 7) is 0.449. The van der Waals surface area contributed by atoms with Gasteiger partial charge in [0.2, 0.25) is 0 Å². The molecule has 2 amide bonds. The van der Waals surface area contributed by atoms with Crippen molar-refractivity contribution < 1.29 is 4.79 Å². The highest BCUT2D eigenvalue weighted by Gasteiger charge is 2.04. The Morgan fingerprint density at radius 3 is 2.70 bits per heavy atom. The van der Waals surface area contributed by atoms with E-state index in [-0.39, 0.29) is 6.03 Å². The van der Waals surface area contributed by atoms with Gasteiger partial charge in [-0.1, -0.05) is 11.6 Å². The minimum Gasteiger partial charge on any atom is -0.334 e. The first kappa shape index (κ1) is 14.7. The first-order valence-electron chi connectivity index (χ1n) is 5.96. The van der Waals surface area contributed by atoms with Gasteiger partial charge in [-0.2, -0.15) is 0 Å². The highest BCUT2D eigenvalue weighted by atomic mass is 35.5. The summed E-state index contributed by atoms with van der Waals surface area (Å²) in [4.78, 5) is 16.7. The molecule has 0 atom stereocenters. The van der Waals surface area contributed by atoms with Crippen molar-refractivity contribution in [2.75, 3.05) is 11.6 Å². The molecule has 6 heteroatoms. The molecule has 0 aliphatic carbocycles. The molecule has 1 aromatic carbocycles. The molecule has 0 aliphatic rings. The fourth-order valence-electron chi connectivity index (χ4n) is 1.60. The van der Waals surface area contributed by atoms with Gasteiger partial charge >= 0.3 is 6.03 Å². The summed E-state index contributed by atoms with van der Waals surface area (Å²) in [7, 11) is 0. The third-order valence-corrected chi connectivity index (χ3v) is 3.83. The molecule has 2 aromatic rings. The molecule has 0 unspecified atom stereocenters. The number of hydrogen-bond donors (Lipinski definition) is 2. The van der Waals surface area contributed by atoms with Gasteiger partial charge < -0.3 is 10.6 Å². The fourth-order valence-corrected chi connectivity index (χ4v) is 2.47. The predicted molar refractivity (Wildman–Crippen MR) is 83.3 cm³/mol. The second kappa shape index (κ2) is 7.17. The third-order valence-electron chi connectivity index (χ3n) is 2.61. The van der Waals surface area contributed by atoms with Crippen molar-refractivity contribution >= 4 is 35.1 Å². The highest BCUT2D eigenvalue weighted by Crippen LogP contribution is 2.27. The van der Waals surface area contributed by atoms with Gasteiger partial charge in [0.15, 0.2) is 0 Å². The van der Waals surface area contributed by atoms with Gasteiger partial charge in [-0.15, -0.1) is 11.8 Å². The summed E-state index contributed by atoms with van der Waals surface area (Å²) in [5.74, 6) is 0. The molecule has 1 heterocycles. The van der Waals surface area contributed by atoms with E-state index in [9.17, 15) is 4.79 Å². The topological polar surface area (TPSA) is 54.0 Å². The van der Waals surface area contributed by atoms with Crippen LogP contribution in [0.5, 0.6) is 0 Å². The Labute approximate surface area is 126 Å². The number of hydrogen-bond acceptors (Lipinski definition) is 3. The SMILES string of the molecule is CSc1ccc(NC(=O)NCc2ccncc2)cc1Cl. The van der Waals surface area contributed by atoms with Crippen molar-refractivity contribution in [1.29, 1.82) is 0 Å². The molecule has 4 nitrogen and oxygen atoms in total. The summed E-state index contributed by atoms with van der Waals surface area (Å²) in [5, 5.41) is 6.14. The van der Waals surface area contributed by atoms with Gasteiger partial charge in [0.25, 0.3) is 0 Å². The predicted octanol–water partition coefficient (Wildman–Crippen LogP) is 3.78. The molecular weight excluding hydrogens is 294 g/mol. The number of halogens is 1. The molecule has 0 fully saturated rings. The van der Waals surface area contributed by atoms with Crippen LogP contribution < -0.4 is 10.6 Å². The van der Waals surface area contributed by atoms with E-state index in [1.54, 1.807) is 30.2 Å². The number of aromatic nitrogens is 1. The number of anilines is 1. The quantitative estimate of drug-likeness (QED) is 0.845. The van der Waals surface area contributed by atoms with Gasteiger partial charge in [0.05, 0.1) is 5.02 Å². The fraction of sp³-hybridized carbons (Fsp3) is 0.143. The van der Waals surface area contributed by atoms with Crippen molar-refractivity contribution in [1.82, 2.24) is 10.3 Å². The number of carbonyl (C=O) groups is 1. The second-order valence-corrected chi connectivity index (χ2v) is 5.27. The number of benzene rings is 1. The Balaban J connectivity index is 1.90. The summed E-state index contributed by atoms with van der Waals surface area (Å²) < 4.78 is 0. The molecule has 0 bridgehead atoms. The number of nitrogens with one attached hydrogen (secondary N) is 2. The van der Waals surface area contributed by atoms with Crippen LogP contribution in [0.4, 0.5) is 10.5 Å². The third kappa shape index (κ3) is 4.15. The van der Waals surface area contributed by atoms with Gasteiger partial charge in [0, 0.05) is 29.5 Å². The van der Waals surface area contributed by atoms with Crippen LogP contribution in [0.25, 0.3) is 0 Å². The van der Waals surface area contributed by atoms with Crippen molar-refractivity contribution in [3.8, 4) is 0 Å². The summed E-state index contributed by atoms with van der Waals surface area (Å²) in [6.07, 6.45) is 5.33. The van der Waals surface area contributed by atoms with Crippen molar-refractivity contribution in [2.45, 2.75) is 11.4 Å². The molecule has 1 aromatic heterocycles. The van der Waals surface area contributed by atoms with Gasteiger partial charge in [0.1, 0.15) is 0 Å². The minimum absolute atomic E-state index is 0.269. The molecule has 20 heavy (non-hydrogen) atoms. The van der Waals surface area contributed by atoms with E-state index >= 15 is 0 Å². The molecule has 0 aliphatic heterocycles. The van der Waals surface area contributed by atoms with Crippen LogP contribution in [-0.2, 0) is 6.54 Å². The van der Waals surface area contributed by atoms with E-state index in [0.29, 0.717) is 17.3 Å². The maximum Gasteiger partial charge on any atom is 0.319 e. The van der Waals surface area contributed by atoms with Crippen molar-refractivity contribution in [3.05, 3.63) is 53.3 Å². The largest absolute Gasteiger partial charge is 0.334 e. The summed E-state index contributed by atoms with van der Waals surface area (Å²) in [5.41, 5.74) is 1.66. The smallest absolute Gasteiger partial charge is 0.319 e. The van der Waals surface area contributed by atoms with Crippen LogP contribution in [0, 0.1) is 0 Å². The standard InChI is InChI=1S/C14H14ClN3OS/c1-20-13-3-2-11(8-12(13)15)18-14(19)17-9-10-4-6-16-7-5-10/h2-8H,9H2,1H3,(H2,17,18,19). The van der Waals surface area contributed by atoms with Gasteiger partial charge in [-0.3, -0.25) is 4.98 Å². The lowest BCUT2D eigenvalue weighted by Crippen LogP contribution is -2.28. The first-order valence-corrected chi connectivity index (χ1v) is 7.56. The monoisotopic (exact) mass is 307 g/mol. The first-order chi connectivity index (χ1) is 9.69. The molecule has 0 spiro atoms. The number of amides is 2. The number of rotatable bonds is 4. The Hall–Kier alpha value is -1.72. The molecule has 0 saturated heterocycles. The van der Waals surface area contributed by atoms with Crippen molar-refractivity contribution in [2.24, 2.45) is 0 Å². The number of carbonyl (C=O) groups excluding carboxylic acids is 1. The maximum atomic E-state index is 11.8. The Morgan fingerprint density at radius 1 is 1.30 bits per heavy atom. The molecule has 2 N–H and O–H groups in total. The van der Waals surface area contributed by atoms with Crippen LogP contribution in [0.3, 0.4) is 0 Å².